The third-order valence-corrected chi connectivity index (χ3v) is 6.07. The standard InChI is InChI=1S/C24H25ClN2O2S/c1-14-10-16(11-15(2)20(14)29)12-26-13-19(28)21-22(24(3,4)5)27-23(30-21)17-6-8-18(25)9-7-17/h6-12,29H,13H2,1-5H3. The molecule has 0 radical (unpaired) electrons. The molecule has 0 bridgehead atoms. The summed E-state index contributed by atoms with van der Waals surface area (Å²) < 4.78 is 0. The van der Waals surface area contributed by atoms with Gasteiger partial charge < -0.3 is 5.11 Å². The highest BCUT2D eigenvalue weighted by atomic mass is 35.5. The van der Waals surface area contributed by atoms with E-state index in [0.717, 1.165) is 33.0 Å². The van der Waals surface area contributed by atoms with Gasteiger partial charge in [-0.1, -0.05) is 44.5 Å². The Balaban J connectivity index is 1.86. The van der Waals surface area contributed by atoms with Gasteiger partial charge in [0, 0.05) is 22.2 Å². The molecule has 0 saturated heterocycles. The van der Waals surface area contributed by atoms with Crippen molar-refractivity contribution in [3.63, 3.8) is 0 Å². The van der Waals surface area contributed by atoms with Gasteiger partial charge in [0.25, 0.3) is 0 Å². The number of carbonyl (C=O) groups excluding carboxylic acids is 1. The van der Waals surface area contributed by atoms with Crippen LogP contribution in [0.2, 0.25) is 5.02 Å². The summed E-state index contributed by atoms with van der Waals surface area (Å²) in [6, 6.07) is 11.2. The summed E-state index contributed by atoms with van der Waals surface area (Å²) in [6.07, 6.45) is 1.68. The molecule has 0 atom stereocenters. The summed E-state index contributed by atoms with van der Waals surface area (Å²) in [4.78, 5) is 22.8. The van der Waals surface area contributed by atoms with Gasteiger partial charge in [-0.25, -0.2) is 4.98 Å². The van der Waals surface area contributed by atoms with E-state index in [2.05, 4.69) is 25.8 Å². The molecule has 1 N–H and O–H groups in total. The van der Waals surface area contributed by atoms with Crippen molar-refractivity contribution in [2.24, 2.45) is 4.99 Å². The monoisotopic (exact) mass is 440 g/mol. The molecule has 1 aromatic heterocycles. The molecule has 0 aliphatic heterocycles. The molecule has 0 spiro atoms. The molecule has 1 heterocycles. The first-order valence-corrected chi connectivity index (χ1v) is 10.9. The van der Waals surface area contributed by atoms with Gasteiger partial charge in [0.2, 0.25) is 0 Å². The molecular weight excluding hydrogens is 416 g/mol. The molecule has 0 unspecified atom stereocenters. The summed E-state index contributed by atoms with van der Waals surface area (Å²) >= 11 is 7.39. The maximum atomic E-state index is 13.0. The molecular formula is C24H25ClN2O2S. The van der Waals surface area contributed by atoms with Crippen LogP contribution in [0.1, 0.15) is 52.8 Å². The van der Waals surface area contributed by atoms with Crippen LogP contribution < -0.4 is 0 Å². The van der Waals surface area contributed by atoms with E-state index in [1.165, 1.54) is 11.3 Å². The van der Waals surface area contributed by atoms with Crippen molar-refractivity contribution < 1.29 is 9.90 Å². The fourth-order valence-corrected chi connectivity index (χ4v) is 4.44. The largest absolute Gasteiger partial charge is 0.507 e. The number of aliphatic imine (C=N–C) groups is 1. The maximum Gasteiger partial charge on any atom is 0.196 e. The molecule has 2 aromatic carbocycles. The van der Waals surface area contributed by atoms with Gasteiger partial charge in [0.05, 0.1) is 10.6 Å². The first kappa shape index (κ1) is 22.2. The number of rotatable bonds is 5. The van der Waals surface area contributed by atoms with Gasteiger partial charge in [-0.15, -0.1) is 11.3 Å². The summed E-state index contributed by atoms with van der Waals surface area (Å²) in [5.41, 5.74) is 3.89. The van der Waals surface area contributed by atoms with Crippen LogP contribution in [-0.2, 0) is 5.41 Å². The van der Waals surface area contributed by atoms with Crippen LogP contribution in [0.5, 0.6) is 5.75 Å². The maximum absolute atomic E-state index is 13.0. The second-order valence-corrected chi connectivity index (χ2v) is 9.79. The minimum atomic E-state index is -0.263. The molecule has 30 heavy (non-hydrogen) atoms. The van der Waals surface area contributed by atoms with E-state index in [0.29, 0.717) is 9.90 Å². The Hall–Kier alpha value is -2.50. The van der Waals surface area contributed by atoms with Gasteiger partial charge in [-0.05, 0) is 54.8 Å². The van der Waals surface area contributed by atoms with Crippen molar-refractivity contribution in [2.45, 2.75) is 40.0 Å². The number of nitrogens with zero attached hydrogens (tertiary/aromatic N) is 2. The first-order valence-electron chi connectivity index (χ1n) is 9.66. The van der Waals surface area contributed by atoms with Gasteiger partial charge in [-0.2, -0.15) is 0 Å². The fourth-order valence-electron chi connectivity index (χ4n) is 3.10. The molecule has 6 heteroatoms. The van der Waals surface area contributed by atoms with E-state index >= 15 is 0 Å². The molecule has 3 aromatic rings. The van der Waals surface area contributed by atoms with Crippen LogP contribution in [0, 0.1) is 13.8 Å². The van der Waals surface area contributed by atoms with E-state index < -0.39 is 0 Å². The predicted octanol–water partition coefficient (Wildman–Crippen LogP) is 6.39. The van der Waals surface area contributed by atoms with Crippen LogP contribution in [0.25, 0.3) is 10.6 Å². The number of ketones is 1. The van der Waals surface area contributed by atoms with Crippen molar-refractivity contribution in [1.29, 1.82) is 0 Å². The highest BCUT2D eigenvalue weighted by Crippen LogP contribution is 2.35. The lowest BCUT2D eigenvalue weighted by Crippen LogP contribution is -2.17. The molecule has 0 fully saturated rings. The number of aryl methyl sites for hydroxylation is 2. The lowest BCUT2D eigenvalue weighted by molar-refractivity contribution is 0.100. The van der Waals surface area contributed by atoms with Crippen LogP contribution in [0.4, 0.5) is 0 Å². The second kappa shape index (κ2) is 8.70. The molecule has 0 amide bonds. The van der Waals surface area contributed by atoms with E-state index in [9.17, 15) is 9.90 Å². The van der Waals surface area contributed by atoms with E-state index in [1.807, 2.05) is 50.2 Å². The number of aromatic hydroxyl groups is 1. The smallest absolute Gasteiger partial charge is 0.196 e. The van der Waals surface area contributed by atoms with E-state index in [-0.39, 0.29) is 23.5 Å². The number of phenolic OH excluding ortho intramolecular Hbond substituents is 1. The van der Waals surface area contributed by atoms with Gasteiger partial charge >= 0.3 is 0 Å². The topological polar surface area (TPSA) is 62.5 Å². The van der Waals surface area contributed by atoms with Gasteiger partial charge in [-0.3, -0.25) is 9.79 Å². The Morgan fingerprint density at radius 1 is 1.17 bits per heavy atom. The van der Waals surface area contributed by atoms with Crippen LogP contribution in [-0.4, -0.2) is 28.6 Å². The van der Waals surface area contributed by atoms with E-state index in [4.69, 9.17) is 16.6 Å². The number of thiazole rings is 1. The Bertz CT molecular complexity index is 1090. The zero-order chi connectivity index (χ0) is 22.1. The van der Waals surface area contributed by atoms with Crippen molar-refractivity contribution >= 4 is 34.9 Å². The Morgan fingerprint density at radius 3 is 2.33 bits per heavy atom. The first-order chi connectivity index (χ1) is 14.1. The summed E-state index contributed by atoms with van der Waals surface area (Å²) in [7, 11) is 0. The third-order valence-electron chi connectivity index (χ3n) is 4.67. The average Bonchev–Trinajstić information content (AvgIpc) is 3.12. The zero-order valence-corrected chi connectivity index (χ0v) is 19.4. The van der Waals surface area contributed by atoms with Crippen molar-refractivity contribution in [3.8, 4) is 16.3 Å². The normalized spacial score (nSPS) is 11.9. The molecule has 0 saturated carbocycles. The predicted molar refractivity (Wildman–Crippen MR) is 126 cm³/mol. The van der Waals surface area contributed by atoms with Crippen molar-refractivity contribution in [1.82, 2.24) is 4.98 Å². The number of phenols is 1. The van der Waals surface area contributed by atoms with Gasteiger partial charge in [0.15, 0.2) is 5.78 Å². The second-order valence-electron chi connectivity index (χ2n) is 8.35. The fraction of sp³-hybridized carbons (Fsp3) is 0.292. The van der Waals surface area contributed by atoms with Crippen LogP contribution in [0.15, 0.2) is 41.4 Å². The zero-order valence-electron chi connectivity index (χ0n) is 17.8. The number of hydrogen-bond acceptors (Lipinski definition) is 5. The number of aromatic nitrogens is 1. The summed E-state index contributed by atoms with van der Waals surface area (Å²) in [5.74, 6) is 0.235. The minimum absolute atomic E-state index is 0.0459. The number of Topliss-reactive ketones (excluding diaryl/α,β-unsaturated/α-hetero) is 1. The molecule has 4 nitrogen and oxygen atoms in total. The lowest BCUT2D eigenvalue weighted by atomic mass is 9.90. The van der Waals surface area contributed by atoms with Gasteiger partial charge in [0.1, 0.15) is 17.3 Å². The molecule has 0 aliphatic rings. The quantitative estimate of drug-likeness (QED) is 0.369. The Morgan fingerprint density at radius 2 is 1.77 bits per heavy atom. The highest BCUT2D eigenvalue weighted by molar-refractivity contribution is 7.17. The SMILES string of the molecule is Cc1cc(C=NCC(=O)c2sc(-c3ccc(Cl)cc3)nc2C(C)(C)C)cc(C)c1O. The summed E-state index contributed by atoms with van der Waals surface area (Å²) in [5, 5.41) is 11.4. The highest BCUT2D eigenvalue weighted by Gasteiger charge is 2.27. The molecule has 0 aliphatic carbocycles. The van der Waals surface area contributed by atoms with Crippen LogP contribution >= 0.6 is 22.9 Å². The molecule has 156 valence electrons. The summed E-state index contributed by atoms with van der Waals surface area (Å²) in [6.45, 7) is 9.89. The Labute approximate surface area is 186 Å². The van der Waals surface area contributed by atoms with Crippen molar-refractivity contribution in [2.75, 3.05) is 6.54 Å². The minimum Gasteiger partial charge on any atom is -0.507 e. The average molecular weight is 441 g/mol. The lowest BCUT2D eigenvalue weighted by Gasteiger charge is -2.16. The third kappa shape index (κ3) is 4.97. The van der Waals surface area contributed by atoms with Crippen LogP contribution in [0.3, 0.4) is 0 Å². The Kier molecular flexibility index (Phi) is 6.44. The molecule has 3 rings (SSSR count). The number of hydrogen-bond donors (Lipinski definition) is 1. The number of carbonyl (C=O) groups is 1. The number of benzene rings is 2. The van der Waals surface area contributed by atoms with Crippen molar-refractivity contribution in [3.05, 3.63) is 68.7 Å². The van der Waals surface area contributed by atoms with E-state index in [1.54, 1.807) is 6.21 Å². The number of halogens is 1.